The molecule has 0 heterocycles. The molecule has 0 saturated carbocycles. The van der Waals surface area contributed by atoms with Crippen molar-refractivity contribution in [3.05, 3.63) is 34.9 Å². The van der Waals surface area contributed by atoms with Gasteiger partial charge in [0, 0.05) is 5.56 Å². The molecule has 1 aromatic rings. The molecule has 15 heavy (non-hydrogen) atoms. The van der Waals surface area contributed by atoms with Crippen molar-refractivity contribution in [2.45, 2.75) is 18.7 Å². The Bertz CT molecular complexity index is 410. The molecule has 0 bridgehead atoms. The molecule has 1 N–H and O–H groups in total. The maximum atomic E-state index is 11.7. The third kappa shape index (κ3) is 2.65. The number of benzene rings is 1. The van der Waals surface area contributed by atoms with E-state index in [1.807, 2.05) is 0 Å². The predicted octanol–water partition coefficient (Wildman–Crippen LogP) is 2.66. The Morgan fingerprint density at radius 1 is 1.33 bits per heavy atom. The van der Waals surface area contributed by atoms with Crippen LogP contribution in [0.25, 0.3) is 0 Å². The molecule has 80 valence electrons. The number of alkyl halides is 1. The van der Waals surface area contributed by atoms with E-state index in [4.69, 9.17) is 5.11 Å². The molecule has 1 atom stereocenters. The number of halogens is 1. The van der Waals surface area contributed by atoms with Crippen LogP contribution in [0.4, 0.5) is 0 Å². The number of aryl methyl sites for hydroxylation is 1. The first kappa shape index (κ1) is 11.9. The maximum Gasteiger partial charge on any atom is 0.336 e. The van der Waals surface area contributed by atoms with E-state index < -0.39 is 5.97 Å². The first-order valence-electron chi connectivity index (χ1n) is 4.45. The van der Waals surface area contributed by atoms with Gasteiger partial charge < -0.3 is 5.11 Å². The van der Waals surface area contributed by atoms with Crippen molar-refractivity contribution in [1.29, 1.82) is 0 Å². The van der Waals surface area contributed by atoms with Gasteiger partial charge in [0.1, 0.15) is 0 Å². The van der Waals surface area contributed by atoms with Gasteiger partial charge in [-0.05, 0) is 19.9 Å². The van der Waals surface area contributed by atoms with Crippen molar-refractivity contribution in [3.8, 4) is 0 Å². The largest absolute Gasteiger partial charge is 0.478 e. The van der Waals surface area contributed by atoms with E-state index in [0.29, 0.717) is 0 Å². The summed E-state index contributed by atoms with van der Waals surface area (Å²) >= 11 is 3.14. The molecule has 0 aliphatic rings. The predicted molar refractivity (Wildman–Crippen MR) is 60.9 cm³/mol. The summed E-state index contributed by atoms with van der Waals surface area (Å²) in [6, 6.07) is 4.79. The summed E-state index contributed by atoms with van der Waals surface area (Å²) in [6.45, 7) is 3.46. The molecule has 4 heteroatoms. The third-order valence-corrected chi connectivity index (χ3v) is 2.45. The molecule has 3 nitrogen and oxygen atoms in total. The normalized spacial score (nSPS) is 12.2. The van der Waals surface area contributed by atoms with Gasteiger partial charge in [-0.2, -0.15) is 0 Å². The summed E-state index contributed by atoms with van der Waals surface area (Å²) in [5.74, 6) is -1.29. The summed E-state index contributed by atoms with van der Waals surface area (Å²) in [5, 5.41) is 8.95. The summed E-state index contributed by atoms with van der Waals surface area (Å²) < 4.78 is 0. The SMILES string of the molecule is Cc1ccc(C(=O)C(C)Br)c(C(=O)O)c1. The van der Waals surface area contributed by atoms with Crippen molar-refractivity contribution in [3.63, 3.8) is 0 Å². The first-order valence-corrected chi connectivity index (χ1v) is 5.37. The van der Waals surface area contributed by atoms with Gasteiger partial charge in [-0.3, -0.25) is 4.79 Å². The van der Waals surface area contributed by atoms with Gasteiger partial charge in [0.2, 0.25) is 0 Å². The monoisotopic (exact) mass is 270 g/mol. The van der Waals surface area contributed by atoms with E-state index in [0.717, 1.165) is 5.56 Å². The van der Waals surface area contributed by atoms with Gasteiger partial charge in [0.05, 0.1) is 10.4 Å². The van der Waals surface area contributed by atoms with E-state index in [2.05, 4.69) is 15.9 Å². The standard InChI is InChI=1S/C11H11BrO3/c1-6-3-4-8(10(13)7(2)12)9(5-6)11(14)15/h3-5,7H,1-2H3,(H,14,15). The lowest BCUT2D eigenvalue weighted by Gasteiger charge is -2.07. The van der Waals surface area contributed by atoms with E-state index in [1.165, 1.54) is 6.07 Å². The molecule has 0 aliphatic carbocycles. The Morgan fingerprint density at radius 2 is 1.93 bits per heavy atom. The molecule has 0 fully saturated rings. The fourth-order valence-electron chi connectivity index (χ4n) is 1.26. The molecule has 0 aliphatic heterocycles. The second-order valence-electron chi connectivity index (χ2n) is 3.33. The van der Waals surface area contributed by atoms with Crippen LogP contribution in [-0.4, -0.2) is 21.7 Å². The molecule has 0 radical (unpaired) electrons. The van der Waals surface area contributed by atoms with Crippen molar-refractivity contribution < 1.29 is 14.7 Å². The minimum absolute atomic E-state index is 0.0614. The number of carbonyl (C=O) groups is 2. The minimum Gasteiger partial charge on any atom is -0.478 e. The van der Waals surface area contributed by atoms with Crippen LogP contribution >= 0.6 is 15.9 Å². The lowest BCUT2D eigenvalue weighted by Crippen LogP contribution is -2.15. The molecule has 0 amide bonds. The number of aromatic carboxylic acids is 1. The number of Topliss-reactive ketones (excluding diaryl/α,β-unsaturated/α-hetero) is 1. The number of carboxylic acid groups (broad SMARTS) is 1. The van der Waals surface area contributed by atoms with E-state index >= 15 is 0 Å². The van der Waals surface area contributed by atoms with Crippen molar-refractivity contribution in [1.82, 2.24) is 0 Å². The number of carboxylic acids is 1. The summed E-state index contributed by atoms with van der Waals surface area (Å²) in [6.07, 6.45) is 0. The average molecular weight is 271 g/mol. The highest BCUT2D eigenvalue weighted by atomic mass is 79.9. The topological polar surface area (TPSA) is 54.4 Å². The van der Waals surface area contributed by atoms with Gasteiger partial charge in [-0.25, -0.2) is 4.79 Å². The summed E-state index contributed by atoms with van der Waals surface area (Å²) in [5.41, 5.74) is 1.13. The molecule has 0 spiro atoms. The van der Waals surface area contributed by atoms with Crippen LogP contribution in [0.2, 0.25) is 0 Å². The van der Waals surface area contributed by atoms with Gasteiger partial charge >= 0.3 is 5.97 Å². The molecular formula is C11H11BrO3. The molecule has 1 aromatic carbocycles. The zero-order valence-corrected chi connectivity index (χ0v) is 10.0. The van der Waals surface area contributed by atoms with Crippen molar-refractivity contribution in [2.24, 2.45) is 0 Å². The van der Waals surface area contributed by atoms with E-state index in [1.54, 1.807) is 26.0 Å². The summed E-state index contributed by atoms with van der Waals surface area (Å²) in [4.78, 5) is 22.2. The van der Waals surface area contributed by atoms with Crippen molar-refractivity contribution in [2.75, 3.05) is 0 Å². The average Bonchev–Trinajstić information content (AvgIpc) is 2.16. The van der Waals surface area contributed by atoms with Crippen LogP contribution in [0.5, 0.6) is 0 Å². The van der Waals surface area contributed by atoms with Crippen LogP contribution in [0, 0.1) is 6.92 Å². The van der Waals surface area contributed by atoms with Gasteiger partial charge in [-0.1, -0.05) is 33.6 Å². The second-order valence-corrected chi connectivity index (χ2v) is 4.71. The Hall–Kier alpha value is -1.16. The Morgan fingerprint density at radius 3 is 2.40 bits per heavy atom. The molecule has 0 aromatic heterocycles. The Balaban J connectivity index is 3.29. The van der Waals surface area contributed by atoms with Crippen LogP contribution in [-0.2, 0) is 0 Å². The van der Waals surface area contributed by atoms with Gasteiger partial charge in [0.25, 0.3) is 0 Å². The van der Waals surface area contributed by atoms with E-state index in [9.17, 15) is 9.59 Å². The molecule has 0 saturated heterocycles. The molecule has 1 unspecified atom stereocenters. The van der Waals surface area contributed by atoms with Crippen LogP contribution in [0.1, 0.15) is 33.2 Å². The van der Waals surface area contributed by atoms with Crippen molar-refractivity contribution >= 4 is 27.7 Å². The summed E-state index contributed by atoms with van der Waals surface area (Å²) in [7, 11) is 0. The number of rotatable bonds is 3. The molecular weight excluding hydrogens is 260 g/mol. The highest BCUT2D eigenvalue weighted by molar-refractivity contribution is 9.10. The van der Waals surface area contributed by atoms with Gasteiger partial charge in [0.15, 0.2) is 5.78 Å². The molecule has 1 rings (SSSR count). The Kier molecular flexibility index (Phi) is 3.63. The van der Waals surface area contributed by atoms with Crippen LogP contribution < -0.4 is 0 Å². The Labute approximate surface area is 96.2 Å². The van der Waals surface area contributed by atoms with Crippen LogP contribution in [0.15, 0.2) is 18.2 Å². The first-order chi connectivity index (χ1) is 6.93. The number of ketones is 1. The zero-order chi connectivity index (χ0) is 11.6. The number of carbonyl (C=O) groups excluding carboxylic acids is 1. The smallest absolute Gasteiger partial charge is 0.336 e. The lowest BCUT2D eigenvalue weighted by atomic mass is 10.00. The highest BCUT2D eigenvalue weighted by Crippen LogP contribution is 2.16. The lowest BCUT2D eigenvalue weighted by molar-refractivity contribution is 0.0692. The van der Waals surface area contributed by atoms with E-state index in [-0.39, 0.29) is 21.7 Å². The third-order valence-electron chi connectivity index (χ3n) is 2.03. The fourth-order valence-corrected chi connectivity index (χ4v) is 1.51. The number of hydrogen-bond acceptors (Lipinski definition) is 2. The maximum absolute atomic E-state index is 11.7. The second kappa shape index (κ2) is 4.57. The quantitative estimate of drug-likeness (QED) is 0.679. The highest BCUT2D eigenvalue weighted by Gasteiger charge is 2.19. The minimum atomic E-state index is -1.07. The zero-order valence-electron chi connectivity index (χ0n) is 8.45. The number of hydrogen-bond donors (Lipinski definition) is 1. The van der Waals surface area contributed by atoms with Gasteiger partial charge in [-0.15, -0.1) is 0 Å². The van der Waals surface area contributed by atoms with Crippen LogP contribution in [0.3, 0.4) is 0 Å². The fraction of sp³-hybridized carbons (Fsp3) is 0.273.